The molecular formula is C16H16ClN7OS. The number of benzene rings is 1. The SMILES string of the molecule is C=C[S+]([O-])Nc1cccc(Nc2nc(Nc3cnn(C)c3)ncc2Cl)c1. The number of aryl methyl sites for hydroxylation is 1. The van der Waals surface area contributed by atoms with Crippen molar-refractivity contribution in [2.45, 2.75) is 0 Å². The number of nitrogens with one attached hydrogen (secondary N) is 3. The lowest BCUT2D eigenvalue weighted by molar-refractivity contribution is 0.608. The Labute approximate surface area is 158 Å². The Bertz CT molecular complexity index is 917. The highest BCUT2D eigenvalue weighted by Crippen LogP contribution is 2.26. The van der Waals surface area contributed by atoms with Gasteiger partial charge < -0.3 is 15.2 Å². The lowest BCUT2D eigenvalue weighted by atomic mass is 10.3. The van der Waals surface area contributed by atoms with E-state index in [-0.39, 0.29) is 0 Å². The normalized spacial score (nSPS) is 11.7. The van der Waals surface area contributed by atoms with E-state index in [1.54, 1.807) is 29.2 Å². The summed E-state index contributed by atoms with van der Waals surface area (Å²) in [5, 5.41) is 11.9. The van der Waals surface area contributed by atoms with E-state index in [0.29, 0.717) is 22.5 Å². The molecule has 0 aliphatic heterocycles. The molecule has 0 spiro atoms. The molecule has 8 nitrogen and oxygen atoms in total. The first-order chi connectivity index (χ1) is 12.5. The molecule has 3 aromatic rings. The standard InChI is InChI=1S/C16H16ClN7OS/c1-3-26(25)23-12-6-4-5-11(7-12)20-15-14(17)9-18-16(22-15)21-13-8-19-24(2)10-13/h3-10,23H,1H2,2H3,(H2,18,20,21,22). The van der Waals surface area contributed by atoms with Gasteiger partial charge in [-0.1, -0.05) is 17.7 Å². The van der Waals surface area contributed by atoms with Crippen molar-refractivity contribution in [2.24, 2.45) is 7.05 Å². The van der Waals surface area contributed by atoms with Gasteiger partial charge >= 0.3 is 0 Å². The summed E-state index contributed by atoms with van der Waals surface area (Å²) in [5.41, 5.74) is 2.16. The highest BCUT2D eigenvalue weighted by atomic mass is 35.5. The van der Waals surface area contributed by atoms with Crippen LogP contribution in [0.2, 0.25) is 5.02 Å². The van der Waals surface area contributed by atoms with Gasteiger partial charge in [0.1, 0.15) is 10.4 Å². The van der Waals surface area contributed by atoms with E-state index in [9.17, 15) is 4.55 Å². The molecule has 1 aromatic carbocycles. The van der Waals surface area contributed by atoms with Crippen LogP contribution in [0, 0.1) is 0 Å². The molecule has 3 rings (SSSR count). The fourth-order valence-electron chi connectivity index (χ4n) is 2.08. The maximum atomic E-state index is 11.5. The fourth-order valence-corrected chi connectivity index (χ4v) is 2.67. The van der Waals surface area contributed by atoms with Gasteiger partial charge in [0.25, 0.3) is 0 Å². The van der Waals surface area contributed by atoms with E-state index >= 15 is 0 Å². The van der Waals surface area contributed by atoms with Crippen LogP contribution in [0.4, 0.5) is 28.8 Å². The van der Waals surface area contributed by atoms with E-state index in [4.69, 9.17) is 11.6 Å². The zero-order valence-electron chi connectivity index (χ0n) is 13.8. The summed E-state index contributed by atoms with van der Waals surface area (Å²) in [5.74, 6) is 0.821. The lowest BCUT2D eigenvalue weighted by Crippen LogP contribution is -2.08. The number of hydrogen-bond acceptors (Lipinski definition) is 7. The van der Waals surface area contributed by atoms with Crippen molar-refractivity contribution in [2.75, 3.05) is 15.4 Å². The summed E-state index contributed by atoms with van der Waals surface area (Å²) >= 11 is 4.85. The average Bonchev–Trinajstić information content (AvgIpc) is 3.03. The summed E-state index contributed by atoms with van der Waals surface area (Å²) in [6.45, 7) is 3.48. The Morgan fingerprint density at radius 3 is 2.77 bits per heavy atom. The van der Waals surface area contributed by atoms with Crippen LogP contribution in [0.25, 0.3) is 0 Å². The van der Waals surface area contributed by atoms with Crippen LogP contribution in [-0.4, -0.2) is 24.3 Å². The zero-order chi connectivity index (χ0) is 18.5. The Kier molecular flexibility index (Phi) is 5.61. The Morgan fingerprint density at radius 2 is 2.04 bits per heavy atom. The van der Waals surface area contributed by atoms with Gasteiger partial charge in [-0.15, -0.1) is 0 Å². The van der Waals surface area contributed by atoms with Crippen molar-refractivity contribution in [1.29, 1.82) is 0 Å². The summed E-state index contributed by atoms with van der Waals surface area (Å²) in [6.07, 6.45) is 4.98. The van der Waals surface area contributed by atoms with Gasteiger partial charge in [-0.3, -0.25) is 4.68 Å². The third kappa shape index (κ3) is 4.66. The molecule has 3 N–H and O–H groups in total. The summed E-state index contributed by atoms with van der Waals surface area (Å²) < 4.78 is 16.0. The van der Waals surface area contributed by atoms with Crippen LogP contribution >= 0.6 is 11.6 Å². The van der Waals surface area contributed by atoms with E-state index in [2.05, 4.69) is 37.0 Å². The number of aromatic nitrogens is 4. The Balaban J connectivity index is 1.77. The molecule has 0 fully saturated rings. The van der Waals surface area contributed by atoms with Crippen molar-refractivity contribution < 1.29 is 4.55 Å². The van der Waals surface area contributed by atoms with Crippen molar-refractivity contribution in [1.82, 2.24) is 19.7 Å². The van der Waals surface area contributed by atoms with Crippen molar-refractivity contribution in [3.8, 4) is 0 Å². The lowest BCUT2D eigenvalue weighted by Gasteiger charge is -2.11. The molecule has 0 saturated carbocycles. The van der Waals surface area contributed by atoms with Crippen LogP contribution in [0.15, 0.2) is 54.8 Å². The Hall–Kier alpha value is -2.75. The highest BCUT2D eigenvalue weighted by Gasteiger charge is 2.08. The Morgan fingerprint density at radius 1 is 1.23 bits per heavy atom. The first kappa shape index (κ1) is 18.1. The molecule has 1 unspecified atom stereocenters. The number of hydrogen-bond donors (Lipinski definition) is 3. The van der Waals surface area contributed by atoms with E-state index in [0.717, 1.165) is 11.4 Å². The van der Waals surface area contributed by atoms with Gasteiger partial charge in [0, 0.05) is 18.9 Å². The molecule has 0 saturated heterocycles. The van der Waals surface area contributed by atoms with Crippen LogP contribution in [0.3, 0.4) is 0 Å². The molecule has 10 heteroatoms. The summed E-state index contributed by atoms with van der Waals surface area (Å²) in [4.78, 5) is 8.54. The zero-order valence-corrected chi connectivity index (χ0v) is 15.4. The second-order valence-electron chi connectivity index (χ2n) is 5.19. The number of rotatable bonds is 7. The first-order valence-corrected chi connectivity index (χ1v) is 9.07. The van der Waals surface area contributed by atoms with Gasteiger partial charge in [-0.25, -0.2) is 9.71 Å². The highest BCUT2D eigenvalue weighted by molar-refractivity contribution is 7.95. The fraction of sp³-hybridized carbons (Fsp3) is 0.0625. The molecule has 0 aliphatic rings. The predicted molar refractivity (Wildman–Crippen MR) is 105 cm³/mol. The summed E-state index contributed by atoms with van der Waals surface area (Å²) in [7, 11) is 1.82. The first-order valence-electron chi connectivity index (χ1n) is 7.48. The van der Waals surface area contributed by atoms with Crippen molar-refractivity contribution in [3.63, 3.8) is 0 Å². The maximum absolute atomic E-state index is 11.5. The van der Waals surface area contributed by atoms with Gasteiger partial charge in [0.2, 0.25) is 5.95 Å². The van der Waals surface area contributed by atoms with Crippen LogP contribution in [-0.2, 0) is 18.4 Å². The molecule has 2 heterocycles. The van der Waals surface area contributed by atoms with Crippen LogP contribution in [0.5, 0.6) is 0 Å². The molecule has 0 aliphatic carbocycles. The predicted octanol–water partition coefficient (Wildman–Crippen LogP) is 3.57. The molecular weight excluding hydrogens is 374 g/mol. The van der Waals surface area contributed by atoms with Gasteiger partial charge in [-0.05, 0) is 24.8 Å². The van der Waals surface area contributed by atoms with Crippen molar-refractivity contribution in [3.05, 3.63) is 59.9 Å². The number of nitrogens with zero attached hydrogens (tertiary/aromatic N) is 4. The van der Waals surface area contributed by atoms with E-state index in [1.807, 2.05) is 19.2 Å². The second-order valence-corrected chi connectivity index (χ2v) is 6.73. The van der Waals surface area contributed by atoms with Gasteiger partial charge in [0.05, 0.1) is 35.1 Å². The smallest absolute Gasteiger partial charge is 0.229 e. The summed E-state index contributed by atoms with van der Waals surface area (Å²) in [6, 6.07) is 7.24. The molecule has 0 radical (unpaired) electrons. The molecule has 26 heavy (non-hydrogen) atoms. The monoisotopic (exact) mass is 389 g/mol. The minimum Gasteiger partial charge on any atom is -0.588 e. The molecule has 2 aromatic heterocycles. The van der Waals surface area contributed by atoms with Crippen molar-refractivity contribution >= 4 is 51.8 Å². The number of anilines is 5. The van der Waals surface area contributed by atoms with Gasteiger partial charge in [-0.2, -0.15) is 10.1 Å². The third-order valence-corrected chi connectivity index (χ3v) is 4.22. The maximum Gasteiger partial charge on any atom is 0.229 e. The minimum absolute atomic E-state index is 0.370. The minimum atomic E-state index is -1.34. The molecule has 0 bridgehead atoms. The molecule has 134 valence electrons. The third-order valence-electron chi connectivity index (χ3n) is 3.20. The average molecular weight is 390 g/mol. The molecule has 1 atom stereocenters. The van der Waals surface area contributed by atoms with Crippen LogP contribution in [0.1, 0.15) is 0 Å². The quantitative estimate of drug-likeness (QED) is 0.531. The van der Waals surface area contributed by atoms with Gasteiger partial charge in [0.15, 0.2) is 5.82 Å². The topological polar surface area (TPSA) is 103 Å². The van der Waals surface area contributed by atoms with E-state index < -0.39 is 11.4 Å². The van der Waals surface area contributed by atoms with Crippen LogP contribution < -0.4 is 15.4 Å². The molecule has 0 amide bonds. The second kappa shape index (κ2) is 8.09. The number of halogens is 1. The van der Waals surface area contributed by atoms with E-state index in [1.165, 1.54) is 11.6 Å². The largest absolute Gasteiger partial charge is 0.588 e.